The minimum atomic E-state index is -2.12. The summed E-state index contributed by atoms with van der Waals surface area (Å²) in [6.45, 7) is 21.0. The van der Waals surface area contributed by atoms with E-state index in [4.69, 9.17) is 13.9 Å². The molecule has 1 aliphatic heterocycles. The van der Waals surface area contributed by atoms with Crippen LogP contribution >= 0.6 is 0 Å². The fourth-order valence-corrected chi connectivity index (χ4v) is 8.65. The second-order valence-corrected chi connectivity index (χ2v) is 20.8. The lowest BCUT2D eigenvalue weighted by atomic mass is 9.70. The molecule has 0 aromatic carbocycles. The molecule has 4 aliphatic rings. The predicted molar refractivity (Wildman–Crippen MR) is 168 cm³/mol. The van der Waals surface area contributed by atoms with Gasteiger partial charge in [0, 0.05) is 11.8 Å². The summed E-state index contributed by atoms with van der Waals surface area (Å²) in [4.78, 5) is 40.3. The molecule has 0 N–H and O–H groups in total. The normalized spacial score (nSPS) is 36.1. The molecule has 4 rings (SSSR count). The number of cyclic esters (lactones) is 1. The smallest absolute Gasteiger partial charge is 0.311 e. The zero-order valence-electron chi connectivity index (χ0n) is 27.8. The molecule has 1 saturated heterocycles. The maximum atomic E-state index is 14.4. The average Bonchev–Trinajstić information content (AvgIpc) is 3.45. The Bertz CT molecular complexity index is 1090. The Hall–Kier alpha value is -1.73. The maximum Gasteiger partial charge on any atom is 0.311 e. The summed E-state index contributed by atoms with van der Waals surface area (Å²) in [5.41, 5.74) is 0.247. The molecule has 2 fully saturated rings. The van der Waals surface area contributed by atoms with Gasteiger partial charge in [-0.3, -0.25) is 14.4 Å². The van der Waals surface area contributed by atoms with Gasteiger partial charge >= 0.3 is 11.9 Å². The molecular weight excluding hydrogens is 544 g/mol. The number of ketones is 1. The van der Waals surface area contributed by atoms with Gasteiger partial charge in [0.1, 0.15) is 12.2 Å². The topological polar surface area (TPSA) is 78.9 Å². The molecular formula is C35H56O6Si. The highest BCUT2D eigenvalue weighted by Gasteiger charge is 2.51. The summed E-state index contributed by atoms with van der Waals surface area (Å²) >= 11 is 0. The number of carbonyl (C=O) groups is 3. The SMILES string of the molecule is CC[C@H]1CCC[C@H](O[Si](C)(C)C(C)(C)C)[C@@H](C)C(=O)C2=C[C@@H]3[C@@H](C=C[C@@H]4C[C@@H](OC(=O)C(C)(C)C)C[C@@H]34)[C@@H]2CC(=O)O1. The number of carbonyl (C=O) groups excluding carboxylic acids is 3. The molecule has 0 bridgehead atoms. The van der Waals surface area contributed by atoms with Crippen molar-refractivity contribution in [2.75, 3.05) is 0 Å². The van der Waals surface area contributed by atoms with Crippen molar-refractivity contribution in [3.8, 4) is 0 Å². The standard InChI is InChI=1S/C35H56O6Si/c1-11-23-13-12-14-30(41-42(9,10)35(6,7)8)21(2)32(37)29-19-27-25(28(29)20-31(36)39-23)16-15-22-17-24(18-26(22)27)40-33(38)34(3,4)5/h15-16,19,21-28,30H,11-14,17-18,20H2,1-10H3/t21-,22-,23+,24-,25-,26-,27-,28+,30+/m1/s1. The van der Waals surface area contributed by atoms with E-state index in [1.807, 2.05) is 27.7 Å². The van der Waals surface area contributed by atoms with Crippen molar-refractivity contribution in [3.05, 3.63) is 23.8 Å². The van der Waals surface area contributed by atoms with E-state index in [2.05, 4.69) is 59.0 Å². The molecule has 1 heterocycles. The van der Waals surface area contributed by atoms with Gasteiger partial charge in [0.25, 0.3) is 0 Å². The van der Waals surface area contributed by atoms with E-state index in [-0.39, 0.29) is 77.1 Å². The summed E-state index contributed by atoms with van der Waals surface area (Å²) in [5, 5.41) is 0.0420. The monoisotopic (exact) mass is 600 g/mol. The molecule has 0 amide bonds. The first-order valence-corrected chi connectivity index (χ1v) is 19.4. The highest BCUT2D eigenvalue weighted by atomic mass is 28.4. The van der Waals surface area contributed by atoms with Crippen molar-refractivity contribution >= 4 is 26.0 Å². The molecule has 0 radical (unpaired) electrons. The van der Waals surface area contributed by atoms with Crippen LogP contribution in [0, 0.1) is 40.9 Å². The van der Waals surface area contributed by atoms with Crippen LogP contribution in [0.25, 0.3) is 0 Å². The van der Waals surface area contributed by atoms with Crippen molar-refractivity contribution < 1.29 is 28.3 Å². The molecule has 9 atom stereocenters. The van der Waals surface area contributed by atoms with E-state index in [1.165, 1.54) is 0 Å². The molecule has 0 aromatic rings. The number of ether oxygens (including phenoxy) is 2. The highest BCUT2D eigenvalue weighted by molar-refractivity contribution is 6.74. The van der Waals surface area contributed by atoms with Crippen LogP contribution in [0.5, 0.6) is 0 Å². The van der Waals surface area contributed by atoms with E-state index < -0.39 is 13.7 Å². The summed E-state index contributed by atoms with van der Waals surface area (Å²) in [7, 11) is -2.12. The number of fused-ring (bicyclic) bond motifs is 5. The molecule has 0 aromatic heterocycles. The third-order valence-electron chi connectivity index (χ3n) is 10.9. The zero-order chi connectivity index (χ0) is 31.2. The Morgan fingerprint density at radius 3 is 2.33 bits per heavy atom. The number of esters is 2. The van der Waals surface area contributed by atoms with Gasteiger partial charge in [0.2, 0.25) is 0 Å². The number of hydrogen-bond acceptors (Lipinski definition) is 6. The van der Waals surface area contributed by atoms with Gasteiger partial charge in [-0.05, 0) is 107 Å². The first kappa shape index (κ1) is 33.2. The molecule has 1 saturated carbocycles. The van der Waals surface area contributed by atoms with Gasteiger partial charge in [-0.2, -0.15) is 0 Å². The molecule has 0 spiro atoms. The van der Waals surface area contributed by atoms with Crippen LogP contribution in [-0.4, -0.2) is 44.4 Å². The van der Waals surface area contributed by atoms with Crippen LogP contribution in [0.2, 0.25) is 18.1 Å². The van der Waals surface area contributed by atoms with Crippen molar-refractivity contribution in [2.24, 2.45) is 40.9 Å². The van der Waals surface area contributed by atoms with Gasteiger partial charge in [-0.25, -0.2) is 0 Å². The third-order valence-corrected chi connectivity index (χ3v) is 15.4. The van der Waals surface area contributed by atoms with Gasteiger partial charge in [-0.15, -0.1) is 0 Å². The van der Waals surface area contributed by atoms with Crippen LogP contribution in [0.4, 0.5) is 0 Å². The Morgan fingerprint density at radius 2 is 1.71 bits per heavy atom. The second-order valence-electron chi connectivity index (χ2n) is 16.1. The van der Waals surface area contributed by atoms with Gasteiger partial charge < -0.3 is 13.9 Å². The minimum absolute atomic E-state index is 0.0420. The summed E-state index contributed by atoms with van der Waals surface area (Å²) in [6.07, 6.45) is 11.4. The minimum Gasteiger partial charge on any atom is -0.462 e. The number of rotatable bonds is 4. The van der Waals surface area contributed by atoms with Crippen molar-refractivity contribution in [1.82, 2.24) is 0 Å². The van der Waals surface area contributed by atoms with E-state index in [1.54, 1.807) is 0 Å². The Labute approximate surface area is 255 Å². The Balaban J connectivity index is 1.64. The molecule has 7 heteroatoms. The molecule has 236 valence electrons. The first-order chi connectivity index (χ1) is 19.4. The summed E-state index contributed by atoms with van der Waals surface area (Å²) < 4.78 is 18.9. The summed E-state index contributed by atoms with van der Waals surface area (Å²) in [6, 6.07) is 0. The van der Waals surface area contributed by atoms with Gasteiger partial charge in [0.15, 0.2) is 14.1 Å². The van der Waals surface area contributed by atoms with Gasteiger partial charge in [-0.1, -0.05) is 52.8 Å². The van der Waals surface area contributed by atoms with E-state index in [0.29, 0.717) is 5.92 Å². The first-order valence-electron chi connectivity index (χ1n) is 16.5. The number of allylic oxidation sites excluding steroid dienone is 4. The quantitative estimate of drug-likeness (QED) is 0.186. The fourth-order valence-electron chi connectivity index (χ4n) is 7.22. The Kier molecular flexibility index (Phi) is 9.74. The molecule has 42 heavy (non-hydrogen) atoms. The number of hydrogen-bond donors (Lipinski definition) is 0. The van der Waals surface area contributed by atoms with Crippen molar-refractivity contribution in [2.45, 2.75) is 137 Å². The van der Waals surface area contributed by atoms with Gasteiger partial charge in [0.05, 0.1) is 17.9 Å². The number of Topliss-reactive ketones (excluding diaryl/α,β-unsaturated/α-hetero) is 1. The fraction of sp³-hybridized carbons (Fsp3) is 0.800. The molecule has 0 unspecified atom stereocenters. The van der Waals surface area contributed by atoms with E-state index in [9.17, 15) is 14.4 Å². The second kappa shape index (κ2) is 12.3. The Morgan fingerprint density at radius 1 is 1.02 bits per heavy atom. The molecule has 3 aliphatic carbocycles. The van der Waals surface area contributed by atoms with Crippen LogP contribution in [0.3, 0.4) is 0 Å². The molecule has 6 nitrogen and oxygen atoms in total. The van der Waals surface area contributed by atoms with E-state index in [0.717, 1.165) is 44.1 Å². The van der Waals surface area contributed by atoms with Crippen molar-refractivity contribution in [3.63, 3.8) is 0 Å². The predicted octanol–water partition coefficient (Wildman–Crippen LogP) is 7.82. The van der Waals surface area contributed by atoms with Crippen LogP contribution in [0.1, 0.15) is 100 Å². The van der Waals surface area contributed by atoms with Crippen LogP contribution in [0.15, 0.2) is 23.8 Å². The van der Waals surface area contributed by atoms with Crippen molar-refractivity contribution in [1.29, 1.82) is 0 Å². The third kappa shape index (κ3) is 6.98. The highest BCUT2D eigenvalue weighted by Crippen LogP contribution is 2.54. The lowest BCUT2D eigenvalue weighted by Gasteiger charge is -2.41. The van der Waals surface area contributed by atoms with Crippen LogP contribution < -0.4 is 0 Å². The zero-order valence-corrected chi connectivity index (χ0v) is 28.8. The lowest BCUT2D eigenvalue weighted by molar-refractivity contribution is -0.158. The van der Waals surface area contributed by atoms with Crippen LogP contribution in [-0.2, 0) is 28.3 Å². The average molecular weight is 601 g/mol. The summed E-state index contributed by atoms with van der Waals surface area (Å²) in [5.74, 6) is 0.0890. The lowest BCUT2D eigenvalue weighted by Crippen LogP contribution is -2.47. The maximum absolute atomic E-state index is 14.4. The van der Waals surface area contributed by atoms with E-state index >= 15 is 0 Å². The largest absolute Gasteiger partial charge is 0.462 e.